The summed E-state index contributed by atoms with van der Waals surface area (Å²) in [7, 11) is 0. The van der Waals surface area contributed by atoms with E-state index < -0.39 is 6.10 Å². The normalized spacial score (nSPS) is 27.9. The van der Waals surface area contributed by atoms with Crippen molar-refractivity contribution < 1.29 is 14.6 Å². The molecule has 0 saturated carbocycles. The van der Waals surface area contributed by atoms with Crippen molar-refractivity contribution in [1.29, 1.82) is 0 Å². The fraction of sp³-hybridized carbons (Fsp3) is 0.381. The van der Waals surface area contributed by atoms with Gasteiger partial charge in [0.1, 0.15) is 6.10 Å². The zero-order chi connectivity index (χ0) is 17.6. The van der Waals surface area contributed by atoms with Crippen molar-refractivity contribution in [3.05, 3.63) is 59.2 Å². The lowest BCUT2D eigenvalue weighted by molar-refractivity contribution is 0.0830. The Labute approximate surface area is 148 Å². The van der Waals surface area contributed by atoms with Gasteiger partial charge >= 0.3 is 6.09 Å². The van der Waals surface area contributed by atoms with Crippen LogP contribution in [0.4, 0.5) is 10.5 Å². The summed E-state index contributed by atoms with van der Waals surface area (Å²) in [6.45, 7) is 4.29. The van der Waals surface area contributed by atoms with Gasteiger partial charge in [0.05, 0.1) is 18.3 Å². The third-order valence-electron chi connectivity index (χ3n) is 5.58. The molecule has 1 aromatic carbocycles. The van der Waals surface area contributed by atoms with E-state index in [9.17, 15) is 9.90 Å². The maximum Gasteiger partial charge on any atom is 0.415 e. The number of aliphatic hydroxyl groups excluding tert-OH is 1. The highest BCUT2D eigenvalue weighted by Gasteiger charge is 2.47. The number of fused-ring (bicyclic) bond motifs is 3. The van der Waals surface area contributed by atoms with Gasteiger partial charge < -0.3 is 9.84 Å². The molecule has 1 aliphatic carbocycles. The number of carbonyl (C=O) groups excluding carboxylic acids is 1. The standard InChI is InChI=1S/C21H23NO3/c1-13-4-3-5-15(7-6-14(13)2)16-8-9-18-17(10-16)11-19-20(12-23)25-21(24)22(18)19/h3,5-10,13,19-20,23H,4,11-12H2,1-2H3. The summed E-state index contributed by atoms with van der Waals surface area (Å²) in [6.07, 6.45) is 9.77. The fourth-order valence-electron chi connectivity index (χ4n) is 3.83. The number of benzene rings is 1. The number of carbonyl (C=O) groups is 1. The van der Waals surface area contributed by atoms with E-state index in [0.717, 1.165) is 29.7 Å². The predicted octanol–water partition coefficient (Wildman–Crippen LogP) is 3.85. The number of anilines is 1. The smallest absolute Gasteiger partial charge is 0.415 e. The highest BCUT2D eigenvalue weighted by atomic mass is 16.6. The molecule has 4 rings (SSSR count). The zero-order valence-electron chi connectivity index (χ0n) is 14.6. The van der Waals surface area contributed by atoms with E-state index in [2.05, 4.69) is 50.3 Å². The van der Waals surface area contributed by atoms with Crippen molar-refractivity contribution in [2.45, 2.75) is 38.8 Å². The molecule has 0 bridgehead atoms. The molecule has 0 aromatic heterocycles. The van der Waals surface area contributed by atoms with Crippen LogP contribution < -0.4 is 4.90 Å². The highest BCUT2D eigenvalue weighted by Crippen LogP contribution is 2.40. The Hall–Kier alpha value is -2.33. The van der Waals surface area contributed by atoms with Gasteiger partial charge in [-0.3, -0.25) is 4.90 Å². The molecular formula is C21H23NO3. The van der Waals surface area contributed by atoms with Crippen LogP contribution in [0, 0.1) is 5.92 Å². The second-order valence-electron chi connectivity index (χ2n) is 7.16. The van der Waals surface area contributed by atoms with Gasteiger partial charge in [0, 0.05) is 0 Å². The van der Waals surface area contributed by atoms with Crippen molar-refractivity contribution in [2.24, 2.45) is 5.92 Å². The molecule has 4 nitrogen and oxygen atoms in total. The highest BCUT2D eigenvalue weighted by molar-refractivity contribution is 5.94. The molecule has 3 aliphatic rings. The molecule has 1 N–H and O–H groups in total. The molecule has 0 radical (unpaired) electrons. The summed E-state index contributed by atoms with van der Waals surface area (Å²) in [5, 5.41) is 9.44. The Bertz CT molecular complexity index is 805. The van der Waals surface area contributed by atoms with Crippen LogP contribution in [-0.4, -0.2) is 30.0 Å². The quantitative estimate of drug-likeness (QED) is 0.892. The average molecular weight is 337 g/mol. The largest absolute Gasteiger partial charge is 0.441 e. The number of rotatable bonds is 2. The van der Waals surface area contributed by atoms with Crippen LogP contribution in [0.2, 0.25) is 0 Å². The van der Waals surface area contributed by atoms with Gasteiger partial charge in [-0.2, -0.15) is 0 Å². The molecular weight excluding hydrogens is 314 g/mol. The summed E-state index contributed by atoms with van der Waals surface area (Å²) >= 11 is 0. The second-order valence-corrected chi connectivity index (χ2v) is 7.16. The van der Waals surface area contributed by atoms with E-state index >= 15 is 0 Å². The summed E-state index contributed by atoms with van der Waals surface area (Å²) < 4.78 is 5.24. The van der Waals surface area contributed by atoms with Crippen LogP contribution >= 0.6 is 0 Å². The minimum atomic E-state index is -0.434. The van der Waals surface area contributed by atoms with Gasteiger partial charge in [0.15, 0.2) is 0 Å². The summed E-state index contributed by atoms with van der Waals surface area (Å²) in [5.41, 5.74) is 5.77. The van der Waals surface area contributed by atoms with Gasteiger partial charge in [-0.05, 0) is 54.5 Å². The predicted molar refractivity (Wildman–Crippen MR) is 98.4 cm³/mol. The molecule has 1 saturated heterocycles. The van der Waals surface area contributed by atoms with E-state index in [0.29, 0.717) is 5.92 Å². The Kier molecular flexibility index (Phi) is 4.00. The van der Waals surface area contributed by atoms with Crippen LogP contribution in [-0.2, 0) is 11.2 Å². The average Bonchev–Trinajstić information content (AvgIpc) is 3.12. The first-order chi connectivity index (χ1) is 12.1. The molecule has 0 spiro atoms. The minimum Gasteiger partial charge on any atom is -0.441 e. The van der Waals surface area contributed by atoms with E-state index in [1.807, 2.05) is 6.07 Å². The van der Waals surface area contributed by atoms with Crippen LogP contribution in [0.5, 0.6) is 0 Å². The van der Waals surface area contributed by atoms with Crippen LogP contribution in [0.3, 0.4) is 0 Å². The molecule has 3 unspecified atom stereocenters. The Morgan fingerprint density at radius 1 is 1.32 bits per heavy atom. The molecule has 3 atom stereocenters. The number of amides is 1. The van der Waals surface area contributed by atoms with Gasteiger partial charge in [0.25, 0.3) is 0 Å². The maximum atomic E-state index is 12.1. The molecule has 25 heavy (non-hydrogen) atoms. The monoisotopic (exact) mass is 337 g/mol. The molecule has 2 aliphatic heterocycles. The summed E-state index contributed by atoms with van der Waals surface area (Å²) in [4.78, 5) is 13.8. The zero-order valence-corrected chi connectivity index (χ0v) is 14.6. The van der Waals surface area contributed by atoms with Gasteiger partial charge in [-0.25, -0.2) is 4.79 Å². The lowest BCUT2D eigenvalue weighted by atomic mass is 9.93. The molecule has 130 valence electrons. The number of aliphatic hydroxyl groups is 1. The van der Waals surface area contributed by atoms with Crippen molar-refractivity contribution in [2.75, 3.05) is 11.5 Å². The lowest BCUT2D eigenvalue weighted by Gasteiger charge is -2.15. The molecule has 1 amide bonds. The van der Waals surface area contributed by atoms with Crippen LogP contribution in [0.25, 0.3) is 5.57 Å². The van der Waals surface area contributed by atoms with Crippen molar-refractivity contribution >= 4 is 17.4 Å². The number of hydrogen-bond donors (Lipinski definition) is 1. The topological polar surface area (TPSA) is 49.8 Å². The van der Waals surface area contributed by atoms with Crippen molar-refractivity contribution in [3.8, 4) is 0 Å². The molecule has 2 heterocycles. The SMILES string of the molecule is CC1=CC=C(c2ccc3c(c2)CC2C(CO)OC(=O)N32)C=CCC1C. The molecule has 4 heteroatoms. The van der Waals surface area contributed by atoms with Crippen molar-refractivity contribution in [3.63, 3.8) is 0 Å². The van der Waals surface area contributed by atoms with Gasteiger partial charge in [-0.1, -0.05) is 42.9 Å². The van der Waals surface area contributed by atoms with E-state index in [1.54, 1.807) is 4.90 Å². The lowest BCUT2D eigenvalue weighted by Crippen LogP contribution is -2.34. The second kappa shape index (κ2) is 6.19. The Morgan fingerprint density at radius 3 is 2.96 bits per heavy atom. The van der Waals surface area contributed by atoms with Gasteiger partial charge in [0.2, 0.25) is 0 Å². The van der Waals surface area contributed by atoms with Crippen LogP contribution in [0.15, 0.2) is 48.1 Å². The Balaban J connectivity index is 1.68. The number of ether oxygens (including phenoxy) is 1. The Morgan fingerprint density at radius 2 is 2.16 bits per heavy atom. The van der Waals surface area contributed by atoms with Gasteiger partial charge in [-0.15, -0.1) is 0 Å². The minimum absolute atomic E-state index is 0.0902. The third-order valence-corrected chi connectivity index (χ3v) is 5.58. The number of cyclic esters (lactones) is 1. The van der Waals surface area contributed by atoms with E-state index in [1.165, 1.54) is 11.1 Å². The first-order valence-electron chi connectivity index (χ1n) is 8.87. The first kappa shape index (κ1) is 16.2. The number of allylic oxidation sites excluding steroid dienone is 6. The third kappa shape index (κ3) is 2.71. The maximum absolute atomic E-state index is 12.1. The number of hydrogen-bond acceptors (Lipinski definition) is 3. The molecule has 1 fully saturated rings. The summed E-state index contributed by atoms with van der Waals surface area (Å²) in [5.74, 6) is 0.572. The fourth-order valence-corrected chi connectivity index (χ4v) is 3.83. The van der Waals surface area contributed by atoms with Crippen molar-refractivity contribution in [1.82, 2.24) is 0 Å². The number of nitrogens with zero attached hydrogens (tertiary/aromatic N) is 1. The molecule has 1 aromatic rings. The summed E-state index contributed by atoms with van der Waals surface area (Å²) in [6, 6.07) is 6.14. The van der Waals surface area contributed by atoms with Crippen LogP contribution in [0.1, 0.15) is 31.4 Å². The van der Waals surface area contributed by atoms with E-state index in [-0.39, 0.29) is 18.7 Å². The first-order valence-corrected chi connectivity index (χ1v) is 8.87. The van der Waals surface area contributed by atoms with E-state index in [4.69, 9.17) is 4.74 Å².